The van der Waals surface area contributed by atoms with E-state index < -0.39 is 5.97 Å². The highest BCUT2D eigenvalue weighted by atomic mass is 79.9. The highest BCUT2D eigenvalue weighted by Gasteiger charge is 2.13. The fraction of sp³-hybridized carbons (Fsp3) is 0.143. The van der Waals surface area contributed by atoms with Gasteiger partial charge in [-0.05, 0) is 75.5 Å². The van der Waals surface area contributed by atoms with Crippen molar-refractivity contribution >= 4 is 50.0 Å². The summed E-state index contributed by atoms with van der Waals surface area (Å²) in [5, 5.41) is 8.26. The van der Waals surface area contributed by atoms with E-state index in [9.17, 15) is 9.59 Å². The van der Waals surface area contributed by atoms with E-state index in [2.05, 4.69) is 47.5 Å². The third kappa shape index (κ3) is 5.43. The number of carbonyl (C=O) groups excluding carboxylic acids is 2. The fourth-order valence-corrected chi connectivity index (χ4v) is 3.36. The van der Waals surface area contributed by atoms with Crippen molar-refractivity contribution < 1.29 is 14.3 Å². The van der Waals surface area contributed by atoms with Gasteiger partial charge in [-0.25, -0.2) is 10.2 Å². The number of halogens is 2. The zero-order valence-electron chi connectivity index (χ0n) is 16.2. The normalized spacial score (nSPS) is 10.9. The Bertz CT molecular complexity index is 1130. The second kappa shape index (κ2) is 9.82. The number of nitrogens with one attached hydrogen (secondary N) is 1. The van der Waals surface area contributed by atoms with Crippen LogP contribution < -0.4 is 10.2 Å². The van der Waals surface area contributed by atoms with Crippen LogP contribution in [0.25, 0.3) is 0 Å². The van der Waals surface area contributed by atoms with Gasteiger partial charge in [-0.15, -0.1) is 0 Å². The summed E-state index contributed by atoms with van der Waals surface area (Å²) in [6, 6.07) is 13.9. The highest BCUT2D eigenvalue weighted by Crippen LogP contribution is 2.20. The quantitative estimate of drug-likeness (QED) is 0.220. The number of hydrogen-bond donors (Lipinski definition) is 1. The number of amides is 1. The summed E-state index contributed by atoms with van der Waals surface area (Å²) >= 11 is 6.77. The Balaban J connectivity index is 1.60. The predicted octanol–water partition coefficient (Wildman–Crippen LogP) is 4.39. The lowest BCUT2D eigenvalue weighted by atomic mass is 10.2. The molecule has 1 heterocycles. The molecule has 0 saturated heterocycles. The Morgan fingerprint density at radius 3 is 2.63 bits per heavy atom. The number of aryl methyl sites for hydroxylation is 1. The molecule has 30 heavy (non-hydrogen) atoms. The molecular weight excluding hydrogens is 516 g/mol. The van der Waals surface area contributed by atoms with E-state index in [0.29, 0.717) is 21.3 Å². The number of benzene rings is 2. The largest absolute Gasteiger partial charge is 0.423 e. The smallest absolute Gasteiger partial charge is 0.344 e. The molecule has 0 spiro atoms. The number of ether oxygens (including phenoxy) is 1. The van der Waals surface area contributed by atoms with Crippen LogP contribution in [0.4, 0.5) is 0 Å². The minimum atomic E-state index is -0.471. The molecule has 0 unspecified atom stereocenters. The van der Waals surface area contributed by atoms with Gasteiger partial charge >= 0.3 is 5.97 Å². The summed E-state index contributed by atoms with van der Waals surface area (Å²) < 4.78 is 8.56. The van der Waals surface area contributed by atoms with Crippen LogP contribution in [0.3, 0.4) is 0 Å². The predicted molar refractivity (Wildman–Crippen MR) is 121 cm³/mol. The van der Waals surface area contributed by atoms with Crippen LogP contribution in [0.1, 0.15) is 27.3 Å². The first kappa shape index (κ1) is 21.9. The van der Waals surface area contributed by atoms with Gasteiger partial charge in [-0.2, -0.15) is 10.2 Å². The molecule has 0 saturated carbocycles. The van der Waals surface area contributed by atoms with Gasteiger partial charge in [0.1, 0.15) is 12.3 Å². The van der Waals surface area contributed by atoms with Crippen molar-refractivity contribution in [2.75, 3.05) is 0 Å². The van der Waals surface area contributed by atoms with E-state index in [1.165, 1.54) is 6.21 Å². The molecule has 154 valence electrons. The van der Waals surface area contributed by atoms with Crippen LogP contribution in [0.2, 0.25) is 0 Å². The van der Waals surface area contributed by atoms with Crippen LogP contribution in [0.15, 0.2) is 62.6 Å². The number of rotatable bonds is 6. The number of esters is 1. The highest BCUT2D eigenvalue weighted by molar-refractivity contribution is 9.10. The molecule has 1 N–H and O–H groups in total. The van der Waals surface area contributed by atoms with Gasteiger partial charge in [0, 0.05) is 4.47 Å². The molecule has 0 aliphatic heterocycles. The fourth-order valence-electron chi connectivity index (χ4n) is 2.63. The molecule has 0 atom stereocenters. The summed E-state index contributed by atoms with van der Waals surface area (Å²) in [6.45, 7) is 3.79. The minimum absolute atomic E-state index is 0.0548. The molecule has 1 aromatic heterocycles. The maximum Gasteiger partial charge on any atom is 0.344 e. The lowest BCUT2D eigenvalue weighted by Gasteiger charge is -2.06. The van der Waals surface area contributed by atoms with E-state index in [1.807, 2.05) is 19.9 Å². The second-order valence-corrected chi connectivity index (χ2v) is 8.02. The molecule has 3 rings (SSSR count). The molecule has 2 aromatic carbocycles. The zero-order valence-corrected chi connectivity index (χ0v) is 19.4. The van der Waals surface area contributed by atoms with E-state index in [0.717, 1.165) is 15.9 Å². The molecule has 0 aliphatic rings. The van der Waals surface area contributed by atoms with Gasteiger partial charge in [-0.3, -0.25) is 9.48 Å². The Kier molecular flexibility index (Phi) is 7.17. The van der Waals surface area contributed by atoms with Crippen molar-refractivity contribution in [1.29, 1.82) is 0 Å². The summed E-state index contributed by atoms with van der Waals surface area (Å²) in [7, 11) is 0. The van der Waals surface area contributed by atoms with Gasteiger partial charge in [0.2, 0.25) is 0 Å². The second-order valence-electron chi connectivity index (χ2n) is 6.38. The average molecular weight is 534 g/mol. The zero-order chi connectivity index (χ0) is 21.7. The average Bonchev–Trinajstić information content (AvgIpc) is 2.95. The van der Waals surface area contributed by atoms with E-state index in [-0.39, 0.29) is 12.5 Å². The maximum atomic E-state index is 12.3. The summed E-state index contributed by atoms with van der Waals surface area (Å²) in [6.07, 6.45) is 1.48. The standard InChI is InChI=1S/C21H18Br2N4O3/c1-13-20(23)14(2)27(26-13)12-19(28)25-24-11-15-6-5-7-16(10-15)30-21(29)17-8-3-4-9-18(17)22/h3-11H,12H2,1-2H3,(H,25,28). The van der Waals surface area contributed by atoms with Gasteiger partial charge in [0.15, 0.2) is 0 Å². The molecule has 0 fully saturated rings. The monoisotopic (exact) mass is 532 g/mol. The Hall–Kier alpha value is -2.78. The van der Waals surface area contributed by atoms with E-state index in [1.54, 1.807) is 47.1 Å². The van der Waals surface area contributed by atoms with Gasteiger partial charge in [0.05, 0.1) is 27.6 Å². The molecule has 0 radical (unpaired) electrons. The topological polar surface area (TPSA) is 85.6 Å². The maximum absolute atomic E-state index is 12.3. The first-order chi connectivity index (χ1) is 14.3. The van der Waals surface area contributed by atoms with E-state index in [4.69, 9.17) is 4.74 Å². The Morgan fingerprint density at radius 2 is 1.93 bits per heavy atom. The van der Waals surface area contributed by atoms with Gasteiger partial charge in [-0.1, -0.05) is 24.3 Å². The summed E-state index contributed by atoms with van der Waals surface area (Å²) in [4.78, 5) is 24.4. The number of carbonyl (C=O) groups is 2. The van der Waals surface area contributed by atoms with Crippen LogP contribution in [-0.2, 0) is 11.3 Å². The van der Waals surface area contributed by atoms with Crippen LogP contribution in [0, 0.1) is 13.8 Å². The third-order valence-electron chi connectivity index (χ3n) is 4.15. The SMILES string of the molecule is Cc1nn(CC(=O)NN=Cc2cccc(OC(=O)c3ccccc3Br)c2)c(C)c1Br. The lowest BCUT2D eigenvalue weighted by molar-refractivity contribution is -0.121. The van der Waals surface area contributed by atoms with Crippen molar-refractivity contribution in [3.63, 3.8) is 0 Å². The van der Waals surface area contributed by atoms with Crippen LogP contribution in [0.5, 0.6) is 5.75 Å². The van der Waals surface area contributed by atoms with Crippen molar-refractivity contribution in [1.82, 2.24) is 15.2 Å². The summed E-state index contributed by atoms with van der Waals surface area (Å²) in [5.41, 5.74) is 5.25. The van der Waals surface area contributed by atoms with Crippen molar-refractivity contribution in [3.05, 3.63) is 80.0 Å². The van der Waals surface area contributed by atoms with Crippen molar-refractivity contribution in [3.8, 4) is 5.75 Å². The van der Waals surface area contributed by atoms with Crippen LogP contribution in [-0.4, -0.2) is 27.9 Å². The van der Waals surface area contributed by atoms with Crippen LogP contribution >= 0.6 is 31.9 Å². The first-order valence-electron chi connectivity index (χ1n) is 8.93. The first-order valence-corrected chi connectivity index (χ1v) is 10.5. The molecule has 0 bridgehead atoms. The molecule has 1 amide bonds. The van der Waals surface area contributed by atoms with E-state index >= 15 is 0 Å². The van der Waals surface area contributed by atoms with Gasteiger partial charge < -0.3 is 4.74 Å². The number of hydrogen-bond acceptors (Lipinski definition) is 5. The number of aromatic nitrogens is 2. The van der Waals surface area contributed by atoms with Crippen molar-refractivity contribution in [2.24, 2.45) is 5.10 Å². The Morgan fingerprint density at radius 1 is 1.17 bits per heavy atom. The summed E-state index contributed by atoms with van der Waals surface area (Å²) in [5.74, 6) is -0.403. The van der Waals surface area contributed by atoms with Crippen molar-refractivity contribution in [2.45, 2.75) is 20.4 Å². The lowest BCUT2D eigenvalue weighted by Crippen LogP contribution is -2.24. The molecular formula is C21H18Br2N4O3. The molecule has 3 aromatic rings. The third-order valence-corrected chi connectivity index (χ3v) is 5.99. The van der Waals surface area contributed by atoms with Gasteiger partial charge in [0.25, 0.3) is 5.91 Å². The molecule has 7 nitrogen and oxygen atoms in total. The molecule has 0 aliphatic carbocycles. The number of nitrogens with zero attached hydrogens (tertiary/aromatic N) is 3. The number of hydrazone groups is 1. The minimum Gasteiger partial charge on any atom is -0.423 e. The molecule has 9 heteroatoms. The Labute approximate surface area is 190 Å².